The largest absolute Gasteiger partial charge is 0.454 e. The highest BCUT2D eigenvalue weighted by Crippen LogP contribution is 2.33. The quantitative estimate of drug-likeness (QED) is 0.0182. The fraction of sp³-hybridized carbons (Fsp3) is 0.653. The molecule has 12 heteroatoms. The summed E-state index contributed by atoms with van der Waals surface area (Å²) in [5.41, 5.74) is 3.04. The van der Waals surface area contributed by atoms with E-state index in [1.807, 2.05) is 70.7 Å². The highest BCUT2D eigenvalue weighted by Gasteiger charge is 2.42. The summed E-state index contributed by atoms with van der Waals surface area (Å²) < 4.78 is 5.43. The fourth-order valence-corrected chi connectivity index (χ4v) is 9.77. The van der Waals surface area contributed by atoms with Crippen LogP contribution in [0.15, 0.2) is 71.4 Å². The molecule has 3 aliphatic heterocycles. The van der Waals surface area contributed by atoms with E-state index in [0.717, 1.165) is 74.7 Å². The van der Waals surface area contributed by atoms with E-state index in [4.69, 9.17) is 4.74 Å². The smallest absolute Gasteiger partial charge is 0.331 e. The number of rotatable bonds is 27. The minimum absolute atomic E-state index is 0.0128. The Labute approximate surface area is 370 Å². The zero-order chi connectivity index (χ0) is 44.9. The van der Waals surface area contributed by atoms with E-state index in [0.29, 0.717) is 37.1 Å². The molecule has 11 nitrogen and oxygen atoms in total. The number of amides is 4. The van der Waals surface area contributed by atoms with Crippen molar-refractivity contribution < 1.29 is 33.8 Å². The minimum Gasteiger partial charge on any atom is -0.454 e. The molecular weight excluding hydrogens is 789 g/mol. The van der Waals surface area contributed by atoms with Crippen LogP contribution in [-0.4, -0.2) is 83.1 Å². The number of hydrogen-bond acceptors (Lipinski definition) is 8. The van der Waals surface area contributed by atoms with E-state index < -0.39 is 12.0 Å². The molecule has 5 N–H and O–H groups in total. The third kappa shape index (κ3) is 18.9. The normalized spacial score (nSPS) is 24.5. The summed E-state index contributed by atoms with van der Waals surface area (Å²) in [5, 5.41) is 23.5. The van der Waals surface area contributed by atoms with Crippen molar-refractivity contribution in [1.82, 2.24) is 21.3 Å². The van der Waals surface area contributed by atoms with E-state index in [2.05, 4.69) is 53.3 Å². The number of urea groups is 1. The molecule has 0 aliphatic carbocycles. The summed E-state index contributed by atoms with van der Waals surface area (Å²) >= 11 is 1.90. The van der Waals surface area contributed by atoms with Gasteiger partial charge in [-0.25, -0.2) is 9.59 Å². The molecule has 4 amide bonds. The maximum absolute atomic E-state index is 13.3. The molecule has 3 heterocycles. The molecule has 10 atom stereocenters. The molecule has 61 heavy (non-hydrogen) atoms. The zero-order valence-corrected chi connectivity index (χ0v) is 39.0. The van der Waals surface area contributed by atoms with E-state index in [1.165, 1.54) is 11.6 Å². The minimum atomic E-state index is -0.833. The third-order valence-corrected chi connectivity index (χ3v) is 13.4. The Morgan fingerprint density at radius 3 is 2.41 bits per heavy atom. The maximum Gasteiger partial charge on any atom is 0.331 e. The molecule has 0 spiro atoms. The number of nitrogens with one attached hydrogen (secondary N) is 4. The van der Waals surface area contributed by atoms with Gasteiger partial charge in [0.25, 0.3) is 0 Å². The van der Waals surface area contributed by atoms with Gasteiger partial charge in [0.05, 0.1) is 18.2 Å². The number of carbonyl (C=O) groups excluding carboxylic acids is 5. The lowest BCUT2D eigenvalue weighted by Crippen LogP contribution is -2.36. The Balaban J connectivity index is 1.26. The number of ether oxygens (including phenoxy) is 1. The van der Waals surface area contributed by atoms with Crippen molar-refractivity contribution in [2.75, 3.05) is 18.8 Å². The first-order chi connectivity index (χ1) is 29.1. The molecule has 2 saturated heterocycles. The van der Waals surface area contributed by atoms with Gasteiger partial charge in [0, 0.05) is 60.4 Å². The van der Waals surface area contributed by atoms with E-state index in [-0.39, 0.29) is 65.5 Å². The van der Waals surface area contributed by atoms with Crippen LogP contribution in [0.1, 0.15) is 126 Å². The van der Waals surface area contributed by atoms with Crippen LogP contribution in [0.3, 0.4) is 0 Å². The first kappa shape index (κ1) is 51.5. The van der Waals surface area contributed by atoms with Crippen LogP contribution in [0.4, 0.5) is 4.79 Å². The lowest BCUT2D eigenvalue weighted by Gasteiger charge is -2.25. The van der Waals surface area contributed by atoms with Crippen LogP contribution in [0.25, 0.3) is 0 Å². The van der Waals surface area contributed by atoms with Crippen LogP contribution in [0.2, 0.25) is 0 Å². The summed E-state index contributed by atoms with van der Waals surface area (Å²) in [5.74, 6) is -0.0775. The van der Waals surface area contributed by atoms with Crippen molar-refractivity contribution in [3.05, 3.63) is 71.4 Å². The average Bonchev–Trinajstić information content (AvgIpc) is 3.77. The molecule has 0 aromatic heterocycles. The molecule has 0 unspecified atom stereocenters. The van der Waals surface area contributed by atoms with Gasteiger partial charge in [0.1, 0.15) is 11.9 Å². The Bertz CT molecular complexity index is 1650. The van der Waals surface area contributed by atoms with Gasteiger partial charge in [-0.05, 0) is 76.7 Å². The molecule has 0 bridgehead atoms. The van der Waals surface area contributed by atoms with Gasteiger partial charge in [-0.2, -0.15) is 11.8 Å². The molecule has 340 valence electrons. The number of hydrogen-bond donors (Lipinski definition) is 5. The second-order valence-corrected chi connectivity index (χ2v) is 18.9. The number of ketones is 1. The summed E-state index contributed by atoms with van der Waals surface area (Å²) in [4.78, 5) is 61.3. The third-order valence-electron chi connectivity index (χ3n) is 11.9. The van der Waals surface area contributed by atoms with Crippen molar-refractivity contribution in [3.8, 4) is 0 Å². The molecule has 2 fully saturated rings. The first-order valence-electron chi connectivity index (χ1n) is 22.8. The number of cyclic esters (lactones) is 1. The summed E-state index contributed by atoms with van der Waals surface area (Å²) in [6.07, 6.45) is 25.5. The van der Waals surface area contributed by atoms with Gasteiger partial charge >= 0.3 is 12.0 Å². The Morgan fingerprint density at radius 1 is 0.967 bits per heavy atom. The number of fused-ring (bicyclic) bond motifs is 1. The van der Waals surface area contributed by atoms with Crippen LogP contribution >= 0.6 is 11.8 Å². The topological polar surface area (TPSA) is 163 Å². The van der Waals surface area contributed by atoms with Crippen LogP contribution in [0, 0.1) is 29.6 Å². The van der Waals surface area contributed by atoms with Crippen LogP contribution in [0.5, 0.6) is 0 Å². The number of aliphatic hydroxyl groups excluding tert-OH is 1. The van der Waals surface area contributed by atoms with Gasteiger partial charge in [-0.1, -0.05) is 114 Å². The standard InChI is InChI=1S/C49H76N4O7S/c1-9-39(22-23-41-35(5)21-24-45(56)60-41)29-33(3)18-16-17-32(2)27-36(6)47(57)38(8)48(58)37(7)28-34(4)30-44(55)51-26-15-11-10-14-25-50-43(54)20-13-12-19-42-46-40(31-61-42)52-49(59)53-46/h16-17,21-24,27,29-30,33,35-38,40-42,46,48,58H,9-15,18-20,25-26,28,31H2,1-8H3,(H,50,54)(H,51,55)(H2,52,53,59)/b17-16+,23-22+,32-27+,34-30+,39-29-/t33-,35+,36-,37+,38-,40+,41+,42-,46+,48-/m1/s1. The summed E-state index contributed by atoms with van der Waals surface area (Å²) in [7, 11) is 0. The fourth-order valence-electron chi connectivity index (χ4n) is 8.22. The molecule has 3 rings (SSSR count). The Hall–Kier alpha value is -3.90. The number of unbranched alkanes of at least 4 members (excludes halogenated alkanes) is 4. The van der Waals surface area contributed by atoms with Gasteiger partial charge in [-0.3, -0.25) is 14.4 Å². The van der Waals surface area contributed by atoms with Crippen molar-refractivity contribution in [2.24, 2.45) is 29.6 Å². The van der Waals surface area contributed by atoms with Gasteiger partial charge in [0.2, 0.25) is 11.8 Å². The molecule has 3 aliphatic rings. The monoisotopic (exact) mass is 865 g/mol. The van der Waals surface area contributed by atoms with Gasteiger partial charge in [-0.15, -0.1) is 0 Å². The highest BCUT2D eigenvalue weighted by atomic mass is 32.2. The average molecular weight is 865 g/mol. The number of allylic oxidation sites excluding steroid dienone is 8. The molecule has 0 aromatic rings. The van der Waals surface area contributed by atoms with E-state index in [1.54, 1.807) is 13.0 Å². The number of Topliss-reactive ketones (excluding diaryl/α,β-unsaturated/α-hetero) is 1. The van der Waals surface area contributed by atoms with Crippen molar-refractivity contribution >= 4 is 41.4 Å². The van der Waals surface area contributed by atoms with Gasteiger partial charge in [0.15, 0.2) is 0 Å². The second kappa shape index (κ2) is 27.2. The highest BCUT2D eigenvalue weighted by molar-refractivity contribution is 8.00. The van der Waals surface area contributed by atoms with Crippen molar-refractivity contribution in [2.45, 2.75) is 156 Å². The predicted octanol–water partition coefficient (Wildman–Crippen LogP) is 8.22. The van der Waals surface area contributed by atoms with Crippen molar-refractivity contribution in [1.29, 1.82) is 0 Å². The Morgan fingerprint density at radius 2 is 1.69 bits per heavy atom. The van der Waals surface area contributed by atoms with Crippen molar-refractivity contribution in [3.63, 3.8) is 0 Å². The molecule has 0 radical (unpaired) electrons. The number of aliphatic hydroxyl groups is 1. The first-order valence-corrected chi connectivity index (χ1v) is 23.9. The van der Waals surface area contributed by atoms with E-state index in [9.17, 15) is 29.1 Å². The van der Waals surface area contributed by atoms with Crippen LogP contribution in [-0.2, 0) is 23.9 Å². The molecule has 0 aromatic carbocycles. The second-order valence-electron chi connectivity index (χ2n) is 17.7. The van der Waals surface area contributed by atoms with E-state index >= 15 is 0 Å². The lowest BCUT2D eigenvalue weighted by molar-refractivity contribution is -0.143. The SMILES string of the molecule is CCC(=C/[C@H](C)C/C=C/C(C)=C/[C@@H](C)C(=O)[C@@H](C)[C@H](O)[C@@H](C)C/C(C)=C/C(=O)NCCCCCCNC(=O)CCCC[C@H]1SC[C@@H]2NC(=O)N[C@@H]21)/C=C/[C@@H]1OC(=O)C=C[C@@H]1C. The van der Waals surface area contributed by atoms with Crippen LogP contribution < -0.4 is 21.3 Å². The number of esters is 1. The number of thioether (sulfide) groups is 1. The maximum atomic E-state index is 13.3. The molecule has 0 saturated carbocycles. The Kier molecular flexibility index (Phi) is 23.0. The van der Waals surface area contributed by atoms with Gasteiger partial charge < -0.3 is 31.1 Å². The number of carbonyl (C=O) groups is 5. The molecular formula is C49H76N4O7S. The summed E-state index contributed by atoms with van der Waals surface area (Å²) in [6, 6.07) is 0.387. The predicted molar refractivity (Wildman–Crippen MR) is 248 cm³/mol. The lowest BCUT2D eigenvalue weighted by atomic mass is 9.83. The summed E-state index contributed by atoms with van der Waals surface area (Å²) in [6.45, 7) is 17.0. The zero-order valence-electron chi connectivity index (χ0n) is 38.2.